The fourth-order valence-electron chi connectivity index (χ4n) is 8.77. The van der Waals surface area contributed by atoms with Gasteiger partial charge in [0, 0.05) is 98.3 Å². The Morgan fingerprint density at radius 3 is 2.46 bits per heavy atom. The van der Waals surface area contributed by atoms with Crippen LogP contribution in [0.3, 0.4) is 0 Å². The number of pyridine rings is 2. The maximum absolute atomic E-state index is 13.4. The van der Waals surface area contributed by atoms with Crippen molar-refractivity contribution in [2.75, 3.05) is 56.2 Å². The van der Waals surface area contributed by atoms with Crippen LogP contribution in [-0.4, -0.2) is 89.5 Å². The van der Waals surface area contributed by atoms with Gasteiger partial charge in [-0.2, -0.15) is 0 Å². The maximum atomic E-state index is 13.4. The van der Waals surface area contributed by atoms with Crippen molar-refractivity contribution in [1.29, 1.82) is 0 Å². The molecule has 268 valence electrons. The lowest BCUT2D eigenvalue weighted by Gasteiger charge is -2.55. The number of likely N-dealkylation sites (tertiary alicyclic amines) is 1. The van der Waals surface area contributed by atoms with Crippen LogP contribution < -0.4 is 25.4 Å². The first-order chi connectivity index (χ1) is 25.2. The van der Waals surface area contributed by atoms with E-state index in [2.05, 4.69) is 55.3 Å². The van der Waals surface area contributed by atoms with Crippen molar-refractivity contribution in [3.8, 4) is 16.9 Å². The number of imide groups is 1. The molecule has 1 unspecified atom stereocenters. The number of piperidine rings is 2. The molecule has 2 aromatic carbocycles. The zero-order chi connectivity index (χ0) is 35.7. The van der Waals surface area contributed by atoms with Gasteiger partial charge < -0.3 is 24.0 Å². The number of nitrogens with zero attached hydrogens (tertiary/aromatic N) is 6. The van der Waals surface area contributed by atoms with Crippen molar-refractivity contribution in [2.24, 2.45) is 12.5 Å². The first kappa shape index (κ1) is 32.7. The Balaban J connectivity index is 0.848. The van der Waals surface area contributed by atoms with Crippen LogP contribution in [0.1, 0.15) is 53.6 Å². The number of methoxy groups -OCH3 is 1. The Hall–Kier alpha value is -5.23. The van der Waals surface area contributed by atoms with Crippen molar-refractivity contribution < 1.29 is 19.1 Å². The summed E-state index contributed by atoms with van der Waals surface area (Å²) in [6.45, 7) is 7.11. The average molecular weight is 702 g/mol. The smallest absolute Gasteiger partial charge is 0.259 e. The first-order valence-electron chi connectivity index (χ1n) is 18.4. The van der Waals surface area contributed by atoms with Crippen molar-refractivity contribution in [3.63, 3.8) is 0 Å². The molecule has 4 aromatic rings. The Morgan fingerprint density at radius 1 is 0.923 bits per heavy atom. The highest BCUT2D eigenvalue weighted by Gasteiger charge is 2.46. The lowest BCUT2D eigenvalue weighted by atomic mass is 9.71. The summed E-state index contributed by atoms with van der Waals surface area (Å²) in [4.78, 5) is 63.8. The minimum Gasteiger partial charge on any atom is -0.496 e. The molecule has 4 fully saturated rings. The van der Waals surface area contributed by atoms with Crippen LogP contribution >= 0.6 is 0 Å². The predicted octanol–water partition coefficient (Wildman–Crippen LogP) is 3.68. The Labute approximate surface area is 301 Å². The Bertz CT molecular complexity index is 2190. The molecule has 1 atom stereocenters. The fourth-order valence-corrected chi connectivity index (χ4v) is 8.77. The number of aromatic nitrogens is 2. The van der Waals surface area contributed by atoms with E-state index >= 15 is 0 Å². The molecule has 1 spiro atoms. The summed E-state index contributed by atoms with van der Waals surface area (Å²) in [6.07, 6.45) is 7.63. The van der Waals surface area contributed by atoms with Crippen LogP contribution in [0.4, 0.5) is 11.5 Å². The number of amides is 3. The molecule has 0 radical (unpaired) electrons. The lowest BCUT2D eigenvalue weighted by Crippen LogP contribution is -2.60. The molecule has 3 amide bonds. The second kappa shape index (κ2) is 12.5. The van der Waals surface area contributed by atoms with Gasteiger partial charge in [-0.3, -0.25) is 29.4 Å². The van der Waals surface area contributed by atoms with Gasteiger partial charge in [0.25, 0.3) is 11.5 Å². The predicted molar refractivity (Wildman–Crippen MR) is 197 cm³/mol. The molecule has 12 nitrogen and oxygen atoms in total. The van der Waals surface area contributed by atoms with Crippen molar-refractivity contribution in [2.45, 2.75) is 51.2 Å². The Morgan fingerprint density at radius 2 is 1.73 bits per heavy atom. The summed E-state index contributed by atoms with van der Waals surface area (Å²) < 4.78 is 7.58. The van der Waals surface area contributed by atoms with E-state index < -0.39 is 6.04 Å². The van der Waals surface area contributed by atoms with Gasteiger partial charge >= 0.3 is 0 Å². The SMILES string of the molecule is COc1cc(-c2cn(C)c(=O)c3cnc(N4CCC4)cc23)ccc1CN1CCC2(CC1)CN(c1ccc3c(c1)C(=O)N(C1CCC(=O)NC1=O)C3)C2. The molecule has 0 saturated carbocycles. The molecule has 5 aliphatic heterocycles. The van der Waals surface area contributed by atoms with Gasteiger partial charge in [0.15, 0.2) is 0 Å². The van der Waals surface area contributed by atoms with Crippen molar-refractivity contribution in [1.82, 2.24) is 24.7 Å². The van der Waals surface area contributed by atoms with E-state index in [1.54, 1.807) is 29.8 Å². The number of hydrogen-bond donors (Lipinski definition) is 1. The number of hydrogen-bond acceptors (Lipinski definition) is 9. The number of fused-ring (bicyclic) bond motifs is 2. The van der Waals surface area contributed by atoms with E-state index in [1.165, 1.54) is 0 Å². The highest BCUT2D eigenvalue weighted by atomic mass is 16.5. The van der Waals surface area contributed by atoms with E-state index in [0.717, 1.165) is 110 Å². The minimum absolute atomic E-state index is 0.0526. The largest absolute Gasteiger partial charge is 0.496 e. The van der Waals surface area contributed by atoms with Gasteiger partial charge in [0.1, 0.15) is 17.6 Å². The quantitative estimate of drug-likeness (QED) is 0.288. The number of aryl methyl sites for hydroxylation is 1. The fraction of sp³-hybridized carbons (Fsp3) is 0.425. The summed E-state index contributed by atoms with van der Waals surface area (Å²) in [6, 6.07) is 14.0. The van der Waals surface area contributed by atoms with Crippen molar-refractivity contribution in [3.05, 3.63) is 81.9 Å². The van der Waals surface area contributed by atoms with Gasteiger partial charge in [-0.15, -0.1) is 0 Å². The summed E-state index contributed by atoms with van der Waals surface area (Å²) in [5, 5.41) is 3.90. The van der Waals surface area contributed by atoms with Crippen LogP contribution in [0.15, 0.2) is 59.7 Å². The zero-order valence-corrected chi connectivity index (χ0v) is 29.7. The first-order valence-corrected chi connectivity index (χ1v) is 18.4. The van der Waals surface area contributed by atoms with Gasteiger partial charge in [0.05, 0.1) is 12.5 Å². The summed E-state index contributed by atoms with van der Waals surface area (Å²) in [7, 11) is 3.51. The van der Waals surface area contributed by atoms with Gasteiger partial charge in [-0.1, -0.05) is 18.2 Å². The van der Waals surface area contributed by atoms with Crippen LogP contribution in [-0.2, 0) is 29.7 Å². The van der Waals surface area contributed by atoms with Crippen molar-refractivity contribution >= 4 is 40.0 Å². The topological polar surface area (TPSA) is 120 Å². The molecule has 7 heterocycles. The molecule has 12 heteroatoms. The van der Waals surface area contributed by atoms with Crippen LogP contribution in [0.25, 0.3) is 21.9 Å². The number of anilines is 2. The summed E-state index contributed by atoms with van der Waals surface area (Å²) in [5.74, 6) is 0.966. The maximum Gasteiger partial charge on any atom is 0.259 e. The van der Waals surface area contributed by atoms with E-state index in [4.69, 9.17) is 4.74 Å². The van der Waals surface area contributed by atoms with Crippen LogP contribution in [0.2, 0.25) is 0 Å². The van der Waals surface area contributed by atoms with Gasteiger partial charge in [0.2, 0.25) is 11.8 Å². The number of nitrogens with one attached hydrogen (secondary N) is 1. The second-order valence-electron chi connectivity index (χ2n) is 15.3. The number of rotatable bonds is 7. The standard InChI is InChI=1S/C40H43N7O5/c1-43-22-32(30-18-35(45-12-3-13-45)41-19-31(30)38(43)50)25-4-5-27(34(16-25)52-2)20-44-14-10-40(11-15-44)23-46(24-40)28-7-6-26-21-47(39(51)29(26)17-28)33-8-9-36(48)42-37(33)49/h4-7,16-19,22,33H,3,8-15,20-21,23-24H2,1-2H3,(H,42,48,49). The Kier molecular flexibility index (Phi) is 7.83. The summed E-state index contributed by atoms with van der Waals surface area (Å²) >= 11 is 0. The van der Waals surface area contributed by atoms with Crippen LogP contribution in [0, 0.1) is 5.41 Å². The number of carbonyl (C=O) groups is 3. The highest BCUT2D eigenvalue weighted by molar-refractivity contribution is 6.05. The third kappa shape index (κ3) is 5.51. The molecule has 4 saturated heterocycles. The monoisotopic (exact) mass is 701 g/mol. The van der Waals surface area contributed by atoms with E-state index in [-0.39, 0.29) is 35.1 Å². The third-order valence-electron chi connectivity index (χ3n) is 12.1. The molecule has 2 aromatic heterocycles. The van der Waals surface area contributed by atoms with E-state index in [0.29, 0.717) is 23.9 Å². The molecular weight excluding hydrogens is 658 g/mol. The number of carbonyl (C=O) groups excluding carboxylic acids is 3. The second-order valence-corrected chi connectivity index (χ2v) is 15.3. The zero-order valence-electron chi connectivity index (χ0n) is 29.7. The number of benzene rings is 2. The van der Waals surface area contributed by atoms with Gasteiger partial charge in [-0.05, 0) is 74.2 Å². The molecule has 0 aliphatic carbocycles. The molecule has 0 bridgehead atoms. The molecule has 1 N–H and O–H groups in total. The summed E-state index contributed by atoms with van der Waals surface area (Å²) in [5.41, 5.74) is 5.99. The van der Waals surface area contributed by atoms with E-state index in [1.807, 2.05) is 18.3 Å². The van der Waals surface area contributed by atoms with Gasteiger partial charge in [-0.25, -0.2) is 4.98 Å². The molecule has 52 heavy (non-hydrogen) atoms. The normalized spacial score (nSPS) is 21.3. The molecule has 5 aliphatic rings. The average Bonchev–Trinajstić information content (AvgIpc) is 3.43. The highest BCUT2D eigenvalue weighted by Crippen LogP contribution is 2.44. The van der Waals surface area contributed by atoms with Crippen LogP contribution in [0.5, 0.6) is 5.75 Å². The lowest BCUT2D eigenvalue weighted by molar-refractivity contribution is -0.136. The third-order valence-corrected chi connectivity index (χ3v) is 12.1. The van der Waals surface area contributed by atoms with E-state index in [9.17, 15) is 19.2 Å². The molecular formula is C40H43N7O5. The minimum atomic E-state index is -0.599. The number of ether oxygens (including phenoxy) is 1. The molecule has 9 rings (SSSR count).